The lowest BCUT2D eigenvalue weighted by atomic mass is 9.70. The van der Waals surface area contributed by atoms with Crippen molar-refractivity contribution in [3.63, 3.8) is 0 Å². The van der Waals surface area contributed by atoms with E-state index < -0.39 is 0 Å². The Labute approximate surface area is 102 Å². The highest BCUT2D eigenvalue weighted by Gasteiger charge is 2.31. The Morgan fingerprint density at radius 1 is 1.35 bits per heavy atom. The van der Waals surface area contributed by atoms with Gasteiger partial charge in [-0.15, -0.1) is 0 Å². The number of hydrogen-bond acceptors (Lipinski definition) is 5. The number of nitrogens with one attached hydrogen (secondary N) is 2. The Bertz CT molecular complexity index is 386. The largest absolute Gasteiger partial charge is 0.369 e. The second-order valence-corrected chi connectivity index (χ2v) is 5.07. The third-order valence-corrected chi connectivity index (χ3v) is 3.68. The molecule has 4 N–H and O–H groups in total. The predicted molar refractivity (Wildman–Crippen MR) is 69.7 cm³/mol. The fraction of sp³-hybridized carbons (Fsp3) is 0.667. The lowest BCUT2D eigenvalue weighted by Gasteiger charge is -2.38. The van der Waals surface area contributed by atoms with Gasteiger partial charge >= 0.3 is 0 Å². The third kappa shape index (κ3) is 2.49. The first-order valence-corrected chi connectivity index (χ1v) is 6.23. The number of rotatable bonds is 5. The van der Waals surface area contributed by atoms with E-state index in [0.29, 0.717) is 11.2 Å². The first kappa shape index (κ1) is 12.1. The molecule has 1 fully saturated rings. The maximum Gasteiger partial charge on any atom is 0.148 e. The van der Waals surface area contributed by atoms with E-state index in [-0.39, 0.29) is 0 Å². The molecule has 2 rings (SSSR count). The van der Waals surface area contributed by atoms with Crippen LogP contribution in [-0.2, 0) is 6.42 Å². The average Bonchev–Trinajstić information content (AvgIpc) is 2.33. The van der Waals surface area contributed by atoms with Crippen LogP contribution in [-0.4, -0.2) is 16.5 Å². The minimum absolute atomic E-state index is 0.437. The molecule has 1 heterocycles. The van der Waals surface area contributed by atoms with Gasteiger partial charge in [0.1, 0.15) is 18.0 Å². The minimum Gasteiger partial charge on any atom is -0.369 e. The van der Waals surface area contributed by atoms with E-state index in [9.17, 15) is 0 Å². The smallest absolute Gasteiger partial charge is 0.148 e. The highest BCUT2D eigenvalue weighted by molar-refractivity contribution is 5.56. The molecule has 0 saturated heterocycles. The second-order valence-electron chi connectivity index (χ2n) is 5.07. The number of nitrogen functional groups attached to an aromatic ring is 1. The van der Waals surface area contributed by atoms with Gasteiger partial charge in [-0.2, -0.15) is 0 Å². The van der Waals surface area contributed by atoms with Gasteiger partial charge in [-0.1, -0.05) is 20.3 Å². The van der Waals surface area contributed by atoms with E-state index in [1.807, 2.05) is 0 Å². The maximum absolute atomic E-state index is 5.45. The summed E-state index contributed by atoms with van der Waals surface area (Å²) in [7, 11) is 0. The quantitative estimate of drug-likeness (QED) is 0.537. The molecule has 0 aromatic carbocycles. The summed E-state index contributed by atoms with van der Waals surface area (Å²) in [6.45, 7) is 5.37. The van der Waals surface area contributed by atoms with Crippen molar-refractivity contribution in [3.05, 3.63) is 11.9 Å². The lowest BCUT2D eigenvalue weighted by molar-refractivity contribution is 0.180. The van der Waals surface area contributed by atoms with Crippen molar-refractivity contribution in [1.82, 2.24) is 9.97 Å². The SMILES string of the molecule is CCc1c(NN)ncnc1NCC1(C)CCC1. The van der Waals surface area contributed by atoms with Crippen LogP contribution < -0.4 is 16.6 Å². The van der Waals surface area contributed by atoms with Crippen LogP contribution in [0.1, 0.15) is 38.7 Å². The van der Waals surface area contributed by atoms with Gasteiger partial charge in [-0.25, -0.2) is 15.8 Å². The van der Waals surface area contributed by atoms with Crippen LogP contribution >= 0.6 is 0 Å². The fourth-order valence-corrected chi connectivity index (χ4v) is 2.28. The van der Waals surface area contributed by atoms with Crippen molar-refractivity contribution >= 4 is 11.6 Å². The molecule has 17 heavy (non-hydrogen) atoms. The molecule has 1 aromatic rings. The van der Waals surface area contributed by atoms with Crippen molar-refractivity contribution in [1.29, 1.82) is 0 Å². The summed E-state index contributed by atoms with van der Waals surface area (Å²) in [6, 6.07) is 0. The number of aromatic nitrogens is 2. The normalized spacial score (nSPS) is 17.4. The molecule has 1 aromatic heterocycles. The topological polar surface area (TPSA) is 75.9 Å². The van der Waals surface area contributed by atoms with Crippen molar-refractivity contribution in [2.75, 3.05) is 17.3 Å². The number of nitrogens with zero attached hydrogens (tertiary/aromatic N) is 2. The zero-order valence-corrected chi connectivity index (χ0v) is 10.6. The Morgan fingerprint density at radius 3 is 2.59 bits per heavy atom. The summed E-state index contributed by atoms with van der Waals surface area (Å²) in [6.07, 6.45) is 6.35. The van der Waals surface area contributed by atoms with Crippen LogP contribution in [0.25, 0.3) is 0 Å². The van der Waals surface area contributed by atoms with Crippen molar-refractivity contribution < 1.29 is 0 Å². The van der Waals surface area contributed by atoms with Gasteiger partial charge in [0.2, 0.25) is 0 Å². The van der Waals surface area contributed by atoms with Crippen LogP contribution in [0.5, 0.6) is 0 Å². The van der Waals surface area contributed by atoms with Crippen molar-refractivity contribution in [3.8, 4) is 0 Å². The van der Waals surface area contributed by atoms with Gasteiger partial charge in [0.15, 0.2) is 0 Å². The molecule has 1 aliphatic carbocycles. The highest BCUT2D eigenvalue weighted by atomic mass is 15.3. The summed E-state index contributed by atoms with van der Waals surface area (Å²) in [5.74, 6) is 7.06. The minimum atomic E-state index is 0.437. The van der Waals surface area contributed by atoms with Gasteiger partial charge in [-0.3, -0.25) is 0 Å². The van der Waals surface area contributed by atoms with E-state index in [2.05, 4.69) is 34.6 Å². The number of anilines is 2. The molecular formula is C12H21N5. The van der Waals surface area contributed by atoms with Gasteiger partial charge < -0.3 is 10.7 Å². The predicted octanol–water partition coefficient (Wildman–Crippen LogP) is 1.93. The summed E-state index contributed by atoms with van der Waals surface area (Å²) in [5.41, 5.74) is 4.11. The average molecular weight is 235 g/mol. The molecule has 0 aliphatic heterocycles. The first-order valence-electron chi connectivity index (χ1n) is 6.23. The van der Waals surface area contributed by atoms with Gasteiger partial charge in [0, 0.05) is 12.1 Å². The molecule has 1 saturated carbocycles. The van der Waals surface area contributed by atoms with Crippen LogP contribution in [0.3, 0.4) is 0 Å². The molecule has 0 spiro atoms. The Balaban J connectivity index is 2.09. The monoisotopic (exact) mass is 235 g/mol. The van der Waals surface area contributed by atoms with Gasteiger partial charge in [-0.05, 0) is 24.7 Å². The molecule has 94 valence electrons. The molecule has 0 amide bonds. The molecule has 0 bridgehead atoms. The molecule has 0 radical (unpaired) electrons. The number of hydrazine groups is 1. The van der Waals surface area contributed by atoms with E-state index in [1.54, 1.807) is 6.33 Å². The van der Waals surface area contributed by atoms with Crippen LogP contribution in [0, 0.1) is 5.41 Å². The molecule has 5 heteroatoms. The molecule has 1 aliphatic rings. The summed E-state index contributed by atoms with van der Waals surface area (Å²) < 4.78 is 0. The van der Waals surface area contributed by atoms with E-state index >= 15 is 0 Å². The van der Waals surface area contributed by atoms with Gasteiger partial charge in [0.05, 0.1) is 0 Å². The Morgan fingerprint density at radius 2 is 2.06 bits per heavy atom. The van der Waals surface area contributed by atoms with E-state index in [0.717, 1.165) is 24.3 Å². The second kappa shape index (κ2) is 4.87. The fourth-order valence-electron chi connectivity index (χ4n) is 2.28. The number of hydrogen-bond donors (Lipinski definition) is 3. The van der Waals surface area contributed by atoms with Crippen LogP contribution in [0.2, 0.25) is 0 Å². The zero-order chi connectivity index (χ0) is 12.3. The van der Waals surface area contributed by atoms with E-state index in [1.165, 1.54) is 19.3 Å². The first-order chi connectivity index (χ1) is 8.18. The molecule has 0 unspecified atom stereocenters. The summed E-state index contributed by atoms with van der Waals surface area (Å²) >= 11 is 0. The zero-order valence-electron chi connectivity index (χ0n) is 10.6. The van der Waals surface area contributed by atoms with Crippen molar-refractivity contribution in [2.24, 2.45) is 11.3 Å². The van der Waals surface area contributed by atoms with Crippen LogP contribution in [0.4, 0.5) is 11.6 Å². The molecule has 5 nitrogen and oxygen atoms in total. The highest BCUT2D eigenvalue weighted by Crippen LogP contribution is 2.40. The third-order valence-electron chi connectivity index (χ3n) is 3.68. The molecule has 0 atom stereocenters. The van der Waals surface area contributed by atoms with Gasteiger partial charge in [0.25, 0.3) is 0 Å². The van der Waals surface area contributed by atoms with Crippen molar-refractivity contribution in [2.45, 2.75) is 39.5 Å². The summed E-state index contributed by atoms with van der Waals surface area (Å²) in [4.78, 5) is 8.42. The van der Waals surface area contributed by atoms with E-state index in [4.69, 9.17) is 5.84 Å². The van der Waals surface area contributed by atoms with Crippen LogP contribution in [0.15, 0.2) is 6.33 Å². The Kier molecular flexibility index (Phi) is 3.47. The Hall–Kier alpha value is -1.36. The standard InChI is InChI=1S/C12H21N5/c1-3-9-10(15-8-16-11(9)17-13)14-7-12(2)5-4-6-12/h8H,3-7,13H2,1-2H3,(H2,14,15,16,17). The lowest BCUT2D eigenvalue weighted by Crippen LogP contribution is -2.33. The maximum atomic E-state index is 5.45. The molecular weight excluding hydrogens is 214 g/mol. The summed E-state index contributed by atoms with van der Waals surface area (Å²) in [5, 5.41) is 3.43. The number of nitrogens with two attached hydrogens (primary N) is 1.